The summed E-state index contributed by atoms with van der Waals surface area (Å²) in [4.78, 5) is 19.3. The summed E-state index contributed by atoms with van der Waals surface area (Å²) in [5, 5.41) is 15.8. The first-order chi connectivity index (χ1) is 7.56. The lowest BCUT2D eigenvalue weighted by molar-refractivity contribution is -0.143. The lowest BCUT2D eigenvalue weighted by atomic mass is 9.90. The summed E-state index contributed by atoms with van der Waals surface area (Å²) in [6.45, 7) is 3.78. The molecule has 0 aromatic rings. The third kappa shape index (κ3) is 9.24. The number of hydrogen-bond acceptors (Lipinski definition) is 2. The fourth-order valence-corrected chi connectivity index (χ4v) is 1.58. The molecule has 16 heavy (non-hydrogen) atoms. The van der Waals surface area contributed by atoms with Crippen molar-refractivity contribution in [3.8, 4) is 0 Å². The zero-order valence-corrected chi connectivity index (χ0v) is 9.52. The second-order valence-corrected chi connectivity index (χ2v) is 3.92. The van der Waals surface area contributed by atoms with Gasteiger partial charge < -0.3 is 10.2 Å². The molecule has 1 aliphatic rings. The number of rotatable bonds is 4. The summed E-state index contributed by atoms with van der Waals surface area (Å²) in [5.41, 5.74) is 0. The standard InChI is InChI=1S/C8H14.C4H6O4/c1-2-8-6-4-3-5-7-8;5-3(6)1-2-4(7)8/h2,8H,1,3-7H2;1-2H2,(H,5,6)(H,7,8). The molecule has 0 amide bonds. The van der Waals surface area contributed by atoms with E-state index in [2.05, 4.69) is 12.7 Å². The van der Waals surface area contributed by atoms with Crippen molar-refractivity contribution in [1.29, 1.82) is 0 Å². The highest BCUT2D eigenvalue weighted by atomic mass is 16.4. The van der Waals surface area contributed by atoms with Gasteiger partial charge in [0.1, 0.15) is 0 Å². The highest BCUT2D eigenvalue weighted by Crippen LogP contribution is 2.23. The zero-order valence-electron chi connectivity index (χ0n) is 9.52. The summed E-state index contributed by atoms with van der Waals surface area (Å²) in [6, 6.07) is 0. The molecule has 1 rings (SSSR count). The number of aliphatic carboxylic acids is 2. The van der Waals surface area contributed by atoms with E-state index in [4.69, 9.17) is 10.2 Å². The minimum absolute atomic E-state index is 0.296. The molecule has 0 aliphatic heterocycles. The Morgan fingerprint density at radius 2 is 1.50 bits per heavy atom. The van der Waals surface area contributed by atoms with E-state index in [0.29, 0.717) is 0 Å². The summed E-state index contributed by atoms with van der Waals surface area (Å²) < 4.78 is 0. The van der Waals surface area contributed by atoms with Gasteiger partial charge in [-0.05, 0) is 18.8 Å². The maximum Gasteiger partial charge on any atom is 0.303 e. The second kappa shape index (κ2) is 8.95. The minimum atomic E-state index is -1.08. The molecule has 0 atom stereocenters. The molecular formula is C12H20O4. The van der Waals surface area contributed by atoms with Gasteiger partial charge in [-0.3, -0.25) is 9.59 Å². The Hall–Kier alpha value is -1.32. The number of carboxylic acid groups (broad SMARTS) is 2. The van der Waals surface area contributed by atoms with Gasteiger partial charge in [0.15, 0.2) is 0 Å². The fraction of sp³-hybridized carbons (Fsp3) is 0.667. The summed E-state index contributed by atoms with van der Waals surface area (Å²) in [7, 11) is 0. The van der Waals surface area contributed by atoms with E-state index in [-0.39, 0.29) is 12.8 Å². The van der Waals surface area contributed by atoms with Gasteiger partial charge in [0.25, 0.3) is 0 Å². The van der Waals surface area contributed by atoms with Gasteiger partial charge in [0, 0.05) is 0 Å². The van der Waals surface area contributed by atoms with Gasteiger partial charge in [0.05, 0.1) is 12.8 Å². The van der Waals surface area contributed by atoms with Crippen molar-refractivity contribution in [3.63, 3.8) is 0 Å². The predicted molar refractivity (Wildman–Crippen MR) is 61.3 cm³/mol. The Morgan fingerprint density at radius 3 is 1.75 bits per heavy atom. The van der Waals surface area contributed by atoms with Crippen LogP contribution < -0.4 is 0 Å². The first-order valence-corrected chi connectivity index (χ1v) is 5.62. The number of carboxylic acids is 2. The van der Waals surface area contributed by atoms with E-state index in [1.807, 2.05) is 0 Å². The molecule has 4 heteroatoms. The van der Waals surface area contributed by atoms with Crippen molar-refractivity contribution >= 4 is 11.9 Å². The topological polar surface area (TPSA) is 74.6 Å². The molecule has 1 saturated carbocycles. The van der Waals surface area contributed by atoms with Crippen LogP contribution in [0.4, 0.5) is 0 Å². The molecule has 0 spiro atoms. The second-order valence-electron chi connectivity index (χ2n) is 3.92. The van der Waals surface area contributed by atoms with Crippen molar-refractivity contribution in [3.05, 3.63) is 12.7 Å². The fourth-order valence-electron chi connectivity index (χ4n) is 1.58. The van der Waals surface area contributed by atoms with E-state index in [9.17, 15) is 9.59 Å². The van der Waals surface area contributed by atoms with Crippen LogP contribution in [0.5, 0.6) is 0 Å². The molecule has 0 radical (unpaired) electrons. The number of carbonyl (C=O) groups is 2. The van der Waals surface area contributed by atoms with Gasteiger partial charge in [-0.2, -0.15) is 0 Å². The molecule has 92 valence electrons. The summed E-state index contributed by atoms with van der Waals surface area (Å²) in [6.07, 6.45) is 8.61. The molecule has 0 bridgehead atoms. The lowest BCUT2D eigenvalue weighted by Crippen LogP contribution is -2.01. The van der Waals surface area contributed by atoms with Crippen LogP contribution in [0.15, 0.2) is 12.7 Å². The van der Waals surface area contributed by atoms with Crippen molar-refractivity contribution in [2.75, 3.05) is 0 Å². The summed E-state index contributed by atoms with van der Waals surface area (Å²) in [5.74, 6) is -1.30. The molecular weight excluding hydrogens is 208 g/mol. The number of hydrogen-bond donors (Lipinski definition) is 2. The Kier molecular flexibility index (Phi) is 8.21. The zero-order chi connectivity index (χ0) is 12.4. The van der Waals surface area contributed by atoms with Crippen molar-refractivity contribution in [1.82, 2.24) is 0 Å². The highest BCUT2D eigenvalue weighted by Gasteiger charge is 2.07. The molecule has 0 unspecified atom stereocenters. The molecule has 0 aromatic heterocycles. The van der Waals surface area contributed by atoms with Gasteiger partial charge in [0.2, 0.25) is 0 Å². The lowest BCUT2D eigenvalue weighted by Gasteiger charge is -2.16. The minimum Gasteiger partial charge on any atom is -0.481 e. The Bertz CT molecular complexity index is 215. The van der Waals surface area contributed by atoms with Crippen LogP contribution in [0.2, 0.25) is 0 Å². The first-order valence-electron chi connectivity index (χ1n) is 5.62. The molecule has 1 aliphatic carbocycles. The third-order valence-corrected chi connectivity index (χ3v) is 2.54. The Labute approximate surface area is 96.0 Å². The van der Waals surface area contributed by atoms with Crippen LogP contribution >= 0.6 is 0 Å². The molecule has 2 N–H and O–H groups in total. The average Bonchev–Trinajstić information content (AvgIpc) is 2.28. The smallest absolute Gasteiger partial charge is 0.303 e. The van der Waals surface area contributed by atoms with Crippen LogP contribution in [-0.4, -0.2) is 22.2 Å². The molecule has 0 saturated heterocycles. The van der Waals surface area contributed by atoms with E-state index < -0.39 is 11.9 Å². The third-order valence-electron chi connectivity index (χ3n) is 2.54. The highest BCUT2D eigenvalue weighted by molar-refractivity contribution is 5.75. The van der Waals surface area contributed by atoms with Crippen LogP contribution in [0.25, 0.3) is 0 Å². The maximum absolute atomic E-state index is 9.64. The van der Waals surface area contributed by atoms with E-state index in [1.165, 1.54) is 32.1 Å². The predicted octanol–water partition coefficient (Wildman–Crippen LogP) is 2.69. The Balaban J connectivity index is 0.000000281. The SMILES string of the molecule is C=CC1CCCCC1.O=C(O)CCC(=O)O. The summed E-state index contributed by atoms with van der Waals surface area (Å²) >= 11 is 0. The van der Waals surface area contributed by atoms with Gasteiger partial charge in [-0.1, -0.05) is 25.3 Å². The quantitative estimate of drug-likeness (QED) is 0.725. The van der Waals surface area contributed by atoms with Crippen LogP contribution in [0.3, 0.4) is 0 Å². The maximum atomic E-state index is 9.64. The number of allylic oxidation sites excluding steroid dienone is 1. The normalized spacial score (nSPS) is 15.8. The first kappa shape index (κ1) is 14.7. The van der Waals surface area contributed by atoms with Gasteiger partial charge in [-0.15, -0.1) is 6.58 Å². The van der Waals surface area contributed by atoms with Gasteiger partial charge >= 0.3 is 11.9 Å². The molecule has 0 heterocycles. The van der Waals surface area contributed by atoms with Crippen LogP contribution in [-0.2, 0) is 9.59 Å². The monoisotopic (exact) mass is 228 g/mol. The van der Waals surface area contributed by atoms with E-state index in [1.54, 1.807) is 0 Å². The molecule has 4 nitrogen and oxygen atoms in total. The van der Waals surface area contributed by atoms with Crippen LogP contribution in [0, 0.1) is 5.92 Å². The van der Waals surface area contributed by atoms with Crippen molar-refractivity contribution in [2.45, 2.75) is 44.9 Å². The van der Waals surface area contributed by atoms with Gasteiger partial charge in [-0.25, -0.2) is 0 Å². The van der Waals surface area contributed by atoms with Crippen molar-refractivity contribution < 1.29 is 19.8 Å². The van der Waals surface area contributed by atoms with Crippen LogP contribution in [0.1, 0.15) is 44.9 Å². The molecule has 1 fully saturated rings. The van der Waals surface area contributed by atoms with E-state index >= 15 is 0 Å². The van der Waals surface area contributed by atoms with E-state index in [0.717, 1.165) is 5.92 Å². The Morgan fingerprint density at radius 1 is 1.06 bits per heavy atom. The van der Waals surface area contributed by atoms with Crippen molar-refractivity contribution in [2.24, 2.45) is 5.92 Å². The molecule has 0 aromatic carbocycles. The average molecular weight is 228 g/mol. The largest absolute Gasteiger partial charge is 0.481 e.